The molecule has 2 N–H and O–H groups in total. The monoisotopic (exact) mass is 475 g/mol. The minimum atomic E-state index is -0.0402. The summed E-state index contributed by atoms with van der Waals surface area (Å²) in [5, 5.41) is 15.8. The largest absolute Gasteiger partial charge is 0.370 e. The fourth-order valence-corrected chi connectivity index (χ4v) is 4.44. The van der Waals surface area contributed by atoms with Gasteiger partial charge in [0.2, 0.25) is 0 Å². The van der Waals surface area contributed by atoms with Crippen LogP contribution in [0, 0.1) is 28.6 Å². The Kier molecular flexibility index (Phi) is 11.8. The van der Waals surface area contributed by atoms with Gasteiger partial charge in [-0.3, -0.25) is 4.99 Å². The zero-order valence-corrected chi connectivity index (χ0v) is 22.5. The minimum absolute atomic E-state index is 0.0402. The van der Waals surface area contributed by atoms with Gasteiger partial charge >= 0.3 is 0 Å². The molecule has 2 aliphatic rings. The normalized spacial score (nSPS) is 22.0. The third-order valence-corrected chi connectivity index (χ3v) is 6.35. The number of hydrogen-bond acceptors (Lipinski definition) is 5. The van der Waals surface area contributed by atoms with Crippen LogP contribution in [0.15, 0.2) is 70.0 Å². The van der Waals surface area contributed by atoms with Crippen LogP contribution in [0.4, 0.5) is 0 Å². The topological polar surface area (TPSA) is 72.6 Å². The Hall–Kier alpha value is -2.87. The zero-order chi connectivity index (χ0) is 25.7. The highest BCUT2D eigenvalue weighted by molar-refractivity contribution is 6.13. The number of allylic oxidation sites excluding steroid dienone is 7. The second-order valence-corrected chi connectivity index (χ2v) is 10.5. The predicted molar refractivity (Wildman–Crippen MR) is 150 cm³/mol. The van der Waals surface area contributed by atoms with E-state index in [4.69, 9.17) is 10.3 Å². The molecular weight excluding hydrogens is 430 g/mol. The van der Waals surface area contributed by atoms with E-state index in [9.17, 15) is 0 Å². The maximum atomic E-state index is 9.08. The summed E-state index contributed by atoms with van der Waals surface area (Å²) < 4.78 is 0. The molecule has 190 valence electrons. The van der Waals surface area contributed by atoms with Crippen molar-refractivity contribution < 1.29 is 0 Å². The van der Waals surface area contributed by atoms with Crippen molar-refractivity contribution >= 4 is 11.5 Å². The first-order valence-electron chi connectivity index (χ1n) is 13.2. The van der Waals surface area contributed by atoms with Crippen molar-refractivity contribution in [3.8, 4) is 6.07 Å². The number of nitrogens with zero attached hydrogens (tertiary/aromatic N) is 3. The highest BCUT2D eigenvalue weighted by Crippen LogP contribution is 2.36. The first-order chi connectivity index (χ1) is 16.7. The van der Waals surface area contributed by atoms with Gasteiger partial charge in [-0.2, -0.15) is 5.26 Å². The van der Waals surface area contributed by atoms with Gasteiger partial charge in [-0.05, 0) is 74.0 Å². The molecule has 0 amide bonds. The molecule has 0 aromatic heterocycles. The number of nitrogens with one attached hydrogen (secondary N) is 2. The number of rotatable bonds is 9. The van der Waals surface area contributed by atoms with Crippen molar-refractivity contribution in [3.05, 3.63) is 60.0 Å². The average Bonchev–Trinajstić information content (AvgIpc) is 2.99. The van der Waals surface area contributed by atoms with Gasteiger partial charge in [0.15, 0.2) is 0 Å². The molecule has 5 nitrogen and oxygen atoms in total. The van der Waals surface area contributed by atoms with Crippen LogP contribution in [-0.4, -0.2) is 31.2 Å². The van der Waals surface area contributed by atoms with Gasteiger partial charge in [-0.15, -0.1) is 0 Å². The molecule has 0 aromatic rings. The van der Waals surface area contributed by atoms with Crippen LogP contribution in [0.5, 0.6) is 0 Å². The van der Waals surface area contributed by atoms with Crippen molar-refractivity contribution in [2.24, 2.45) is 27.2 Å². The van der Waals surface area contributed by atoms with Crippen LogP contribution in [0.1, 0.15) is 73.1 Å². The summed E-state index contributed by atoms with van der Waals surface area (Å²) in [6.45, 7) is 17.8. The lowest BCUT2D eigenvalue weighted by Crippen LogP contribution is -2.26. The summed E-state index contributed by atoms with van der Waals surface area (Å²) in [7, 11) is 0. The van der Waals surface area contributed by atoms with E-state index >= 15 is 0 Å². The molecular formula is C30H45N5. The summed E-state index contributed by atoms with van der Waals surface area (Å²) in [4.78, 5) is 9.55. The molecule has 2 rings (SSSR count). The lowest BCUT2D eigenvalue weighted by molar-refractivity contribution is 0.409. The highest BCUT2D eigenvalue weighted by Gasteiger charge is 2.27. The highest BCUT2D eigenvalue weighted by atomic mass is 15.0. The van der Waals surface area contributed by atoms with Crippen LogP contribution in [0.25, 0.3) is 0 Å². The third-order valence-electron chi connectivity index (χ3n) is 6.35. The smallest absolute Gasteiger partial charge is 0.120 e. The number of nitriles is 1. The van der Waals surface area contributed by atoms with E-state index < -0.39 is 0 Å². The quantitative estimate of drug-likeness (QED) is 0.223. The van der Waals surface area contributed by atoms with Gasteiger partial charge in [0.05, 0.1) is 17.7 Å². The molecule has 0 saturated heterocycles. The van der Waals surface area contributed by atoms with E-state index in [0.717, 1.165) is 56.7 Å². The van der Waals surface area contributed by atoms with Crippen LogP contribution in [0.3, 0.4) is 0 Å². The molecule has 5 heteroatoms. The van der Waals surface area contributed by atoms with Crippen molar-refractivity contribution in [1.29, 1.82) is 5.26 Å². The summed E-state index contributed by atoms with van der Waals surface area (Å²) in [5.41, 5.74) is 3.64. The van der Waals surface area contributed by atoms with E-state index in [2.05, 4.69) is 87.2 Å². The maximum Gasteiger partial charge on any atom is 0.120 e. The lowest BCUT2D eigenvalue weighted by Gasteiger charge is -2.30. The third kappa shape index (κ3) is 10.1. The Morgan fingerprint density at radius 1 is 1.34 bits per heavy atom. The Balaban J connectivity index is 2.04. The molecule has 1 heterocycles. The molecule has 35 heavy (non-hydrogen) atoms. The van der Waals surface area contributed by atoms with Gasteiger partial charge in [0, 0.05) is 19.6 Å². The number of amidine groups is 1. The molecule has 0 aromatic carbocycles. The van der Waals surface area contributed by atoms with Gasteiger partial charge in [0.25, 0.3) is 0 Å². The van der Waals surface area contributed by atoms with Crippen molar-refractivity contribution in [3.63, 3.8) is 0 Å². The molecule has 1 aliphatic carbocycles. The second-order valence-electron chi connectivity index (χ2n) is 10.5. The first-order valence-corrected chi connectivity index (χ1v) is 13.2. The van der Waals surface area contributed by atoms with Crippen LogP contribution < -0.4 is 10.6 Å². The zero-order valence-electron chi connectivity index (χ0n) is 22.5. The fourth-order valence-electron chi connectivity index (χ4n) is 4.44. The molecule has 0 radical (unpaired) electrons. The Morgan fingerprint density at radius 2 is 2.14 bits per heavy atom. The van der Waals surface area contributed by atoms with E-state index in [-0.39, 0.29) is 11.3 Å². The molecule has 0 fully saturated rings. The standard InChI is InChI=1S/C30H45N5/c1-23(2)21-24(3)29(27-13-10-8-7-9-11-17-30(27,5)6)35-25(4)32-18-12-19-33-28-15-14-26(22-31)16-20-34-28/h7-8,13-15,21,23,26,32H,4,9-12,16-20H2,1-3,5-6H3,(H,33,34)/b8-7-,24-21-,27-13?,35-29?. The molecule has 1 aliphatic heterocycles. The molecule has 1 unspecified atom stereocenters. The molecule has 0 saturated carbocycles. The summed E-state index contributed by atoms with van der Waals surface area (Å²) in [5.74, 6) is 1.98. The first kappa shape index (κ1) is 28.4. The van der Waals surface area contributed by atoms with Crippen molar-refractivity contribution in [1.82, 2.24) is 10.6 Å². The van der Waals surface area contributed by atoms with Gasteiger partial charge in [-0.1, -0.05) is 64.7 Å². The van der Waals surface area contributed by atoms with E-state index in [1.54, 1.807) is 0 Å². The molecule has 0 spiro atoms. The van der Waals surface area contributed by atoms with Crippen LogP contribution in [0.2, 0.25) is 0 Å². The Labute approximate surface area is 213 Å². The SMILES string of the molecule is C=C(N=C(C1=CC/C=C\CCCC1(C)C)/C(C)=C\C(C)C)NCCCNC1=NCCC(C#N)C=C1. The average molecular weight is 476 g/mol. The maximum absolute atomic E-state index is 9.08. The summed E-state index contributed by atoms with van der Waals surface area (Å²) in [6, 6.07) is 2.29. The van der Waals surface area contributed by atoms with Crippen molar-refractivity contribution in [2.45, 2.75) is 73.1 Å². The Bertz CT molecular complexity index is 934. The van der Waals surface area contributed by atoms with Gasteiger partial charge < -0.3 is 10.6 Å². The second kappa shape index (κ2) is 14.5. The summed E-state index contributed by atoms with van der Waals surface area (Å²) in [6.07, 6.45) is 19.2. The van der Waals surface area contributed by atoms with Gasteiger partial charge in [-0.25, -0.2) is 4.99 Å². The fraction of sp³-hybridized carbons (Fsp3) is 0.567. The number of hydrogen-bond donors (Lipinski definition) is 2. The van der Waals surface area contributed by atoms with E-state index in [1.165, 1.54) is 17.6 Å². The van der Waals surface area contributed by atoms with E-state index in [0.29, 0.717) is 18.3 Å². The minimum Gasteiger partial charge on any atom is -0.370 e. The van der Waals surface area contributed by atoms with Gasteiger partial charge in [0.1, 0.15) is 11.7 Å². The lowest BCUT2D eigenvalue weighted by atomic mass is 9.75. The molecule has 0 bridgehead atoms. The van der Waals surface area contributed by atoms with E-state index in [1.807, 2.05) is 12.2 Å². The van der Waals surface area contributed by atoms with Crippen molar-refractivity contribution in [2.75, 3.05) is 19.6 Å². The summed E-state index contributed by atoms with van der Waals surface area (Å²) >= 11 is 0. The van der Waals surface area contributed by atoms with Crippen LogP contribution in [-0.2, 0) is 0 Å². The molecule has 1 atom stereocenters. The number of aliphatic imine (C=N–C) groups is 2. The van der Waals surface area contributed by atoms with Crippen LogP contribution >= 0.6 is 0 Å². The Morgan fingerprint density at radius 3 is 2.89 bits per heavy atom. The predicted octanol–water partition coefficient (Wildman–Crippen LogP) is 6.65.